The second-order valence-corrected chi connectivity index (χ2v) is 33.0. The van der Waals surface area contributed by atoms with Crippen molar-refractivity contribution in [1.29, 1.82) is 0 Å². The number of Topliss-reactive ketones (excluding diaryl/α,β-unsaturated/α-hetero) is 2. The topological polar surface area (TPSA) is 558 Å². The lowest BCUT2D eigenvalue weighted by Gasteiger charge is -2.33. The highest BCUT2D eigenvalue weighted by Crippen LogP contribution is 2.26. The van der Waals surface area contributed by atoms with Crippen LogP contribution >= 0.6 is 11.6 Å². The van der Waals surface area contributed by atoms with Gasteiger partial charge in [0, 0.05) is 61.3 Å². The number of nitrogens with two attached hydrogens (primary N) is 2. The first kappa shape index (κ1) is 100. The first-order chi connectivity index (χ1) is 56.9. The molecule has 0 fully saturated rings. The number of allylic oxidation sites excluding steroid dienone is 2. The SMILES string of the molecule is CC(=O)N[C@@H](CC(C)C)C(=O)N[C@H](C(=O)N[C@@H](Cc1ccccc1)C(=O)N[C@]1(C)CCCCCC/C=C/CCC[C@@](C)(C(=O)N[C@@H](CO)C(=O)NC(C)C(=O)N[C@@H](C)C(N)=O)NC(=O)[C@H](CC(C)C)CN[C@@H](CCC(N)=O)C(=O)C(=O)C(C)NC(=O)[C@H](Cc2c[nH]c3cc(Cl)ccc23)NC(=O)[C@H](Cc2ccc(O)cc2)NC(=O)C(C)NC1=O)[C@@H](C)O. The number of H-pyrrole nitrogens is 1. The number of hydrogen-bond donors (Lipinski definition) is 19. The Morgan fingerprint density at radius 2 is 1.21 bits per heavy atom. The highest BCUT2D eigenvalue weighted by molar-refractivity contribution is 6.41. The van der Waals surface area contributed by atoms with Crippen molar-refractivity contribution in [3.63, 3.8) is 0 Å². The number of aromatic hydroxyl groups is 1. The maximum Gasteiger partial charge on any atom is 0.246 e. The Kier molecular flexibility index (Phi) is 40.1. The fraction of sp³-hybridized carbons (Fsp3) is 0.553. The van der Waals surface area contributed by atoms with E-state index in [-0.39, 0.29) is 88.3 Å². The zero-order valence-corrected chi connectivity index (χ0v) is 71.7. The van der Waals surface area contributed by atoms with E-state index in [4.69, 9.17) is 23.1 Å². The van der Waals surface area contributed by atoms with Crippen molar-refractivity contribution in [3.8, 4) is 5.75 Å². The average Bonchev–Trinajstić information content (AvgIpc) is 1.79. The number of benzene rings is 3. The van der Waals surface area contributed by atoms with Gasteiger partial charge in [-0.1, -0.05) is 119 Å². The average molecular weight is 1710 g/mol. The molecule has 3 unspecified atom stereocenters. The van der Waals surface area contributed by atoms with Gasteiger partial charge in [0.1, 0.15) is 71.2 Å². The summed E-state index contributed by atoms with van der Waals surface area (Å²) >= 11 is 6.36. The number of hydrogen-bond acceptors (Lipinski definition) is 20. The lowest BCUT2D eigenvalue weighted by atomic mass is 9.89. The molecule has 36 heteroatoms. The first-order valence-corrected chi connectivity index (χ1v) is 41.4. The Balaban J connectivity index is 1.61. The minimum atomic E-state index is -1.92. The first-order valence-electron chi connectivity index (χ1n) is 41.0. The van der Waals surface area contributed by atoms with Crippen molar-refractivity contribution < 1.29 is 92.0 Å². The molecule has 0 bridgehead atoms. The third kappa shape index (κ3) is 32.7. The number of carbonyl (C=O) groups is 16. The maximum atomic E-state index is 15.2. The molecule has 0 radical (unpaired) electrons. The summed E-state index contributed by atoms with van der Waals surface area (Å²) in [6.45, 7) is 16.3. The summed E-state index contributed by atoms with van der Waals surface area (Å²) in [5.74, 6) is -16.2. The Morgan fingerprint density at radius 3 is 1.83 bits per heavy atom. The van der Waals surface area contributed by atoms with Gasteiger partial charge < -0.3 is 101 Å². The van der Waals surface area contributed by atoms with Crippen molar-refractivity contribution in [3.05, 3.63) is 113 Å². The molecule has 0 saturated heterocycles. The van der Waals surface area contributed by atoms with Gasteiger partial charge in [-0.15, -0.1) is 0 Å². The van der Waals surface area contributed by atoms with Crippen molar-refractivity contribution in [2.45, 2.75) is 269 Å². The molecule has 5 rings (SSSR count). The van der Waals surface area contributed by atoms with Crippen molar-refractivity contribution in [1.82, 2.24) is 74.1 Å². The summed E-state index contributed by atoms with van der Waals surface area (Å²) in [5.41, 5.74) is 9.02. The monoisotopic (exact) mass is 1710 g/mol. The van der Waals surface area contributed by atoms with E-state index in [1.165, 1.54) is 79.7 Å². The number of aliphatic hydroxyl groups excluding tert-OH is 2. The molecule has 664 valence electrons. The minimum absolute atomic E-state index is 0.0874. The number of aromatic amines is 1. The Morgan fingerprint density at radius 1 is 0.595 bits per heavy atom. The van der Waals surface area contributed by atoms with Crippen LogP contribution in [0, 0.1) is 17.8 Å². The van der Waals surface area contributed by atoms with Crippen LogP contribution in [0.5, 0.6) is 5.75 Å². The predicted octanol–water partition coefficient (Wildman–Crippen LogP) is 1.26. The van der Waals surface area contributed by atoms with Gasteiger partial charge in [0.05, 0.1) is 30.7 Å². The van der Waals surface area contributed by atoms with E-state index in [9.17, 15) is 72.9 Å². The second-order valence-electron chi connectivity index (χ2n) is 32.5. The molecule has 35 nitrogen and oxygen atoms in total. The van der Waals surface area contributed by atoms with Crippen molar-refractivity contribution >= 4 is 117 Å². The Labute approximate surface area is 710 Å². The van der Waals surface area contributed by atoms with Gasteiger partial charge in [-0.05, 0) is 159 Å². The van der Waals surface area contributed by atoms with Crippen molar-refractivity contribution in [2.24, 2.45) is 29.2 Å². The van der Waals surface area contributed by atoms with Crippen LogP contribution in [0.2, 0.25) is 5.02 Å². The predicted molar refractivity (Wildman–Crippen MR) is 451 cm³/mol. The highest BCUT2D eigenvalue weighted by Gasteiger charge is 2.43. The maximum absolute atomic E-state index is 15.2. The quantitative estimate of drug-likeness (QED) is 0.0269. The molecular formula is C85H123ClN16O19. The van der Waals surface area contributed by atoms with Crippen molar-refractivity contribution in [2.75, 3.05) is 13.2 Å². The summed E-state index contributed by atoms with van der Waals surface area (Å²) in [4.78, 5) is 228. The van der Waals surface area contributed by atoms with E-state index in [1.54, 1.807) is 68.6 Å². The lowest BCUT2D eigenvalue weighted by molar-refractivity contribution is -0.140. The molecule has 0 spiro atoms. The van der Waals surface area contributed by atoms with Crippen LogP contribution < -0.4 is 80.6 Å². The number of phenolic OH excluding ortho intramolecular Hbond substituents is 1. The van der Waals surface area contributed by atoms with Gasteiger partial charge in [0.15, 0.2) is 0 Å². The summed E-state index contributed by atoms with van der Waals surface area (Å²) in [6.07, 6.45) is 5.20. The molecule has 3 aromatic carbocycles. The van der Waals surface area contributed by atoms with Crippen LogP contribution in [0.1, 0.15) is 183 Å². The van der Waals surface area contributed by atoms with E-state index in [1.807, 2.05) is 26.0 Å². The lowest BCUT2D eigenvalue weighted by Crippen LogP contribution is -2.64. The standard InChI is InChI=1S/C85H123ClN16O19/c1-46(2)37-57-44-89-61(33-34-68(87)107)71(109)70(108)48(5)91-76(114)66(41-56-43-90-62-42-58(86)29-32-60(56)62)97-77(115)64(40-55-27-30-59(106)31-28-55)96-74(112)51(8)94-82(120)84(11,102-80(118)65(39-54-25-21-20-22-26-54)98-81(119)69(52(9)104)100-78(116)63(38-47(3)4)95-53(10)105)35-23-18-16-14-13-15-17-19-24-36-85(12,101-75(57)113)83(121)99-67(45-103)79(117)93-50(7)73(111)92-49(6)72(88)110/h15,17,20-22,25-32,42-43,46-52,57,61,63-67,69,89-90,103-104,106H,13-14,16,18-19,23-24,33-41,44-45H2,1-12H3,(H2,87,107)(H2,88,110)(H,91,114)(H,92,111)(H,93,117)(H,94,120)(H,95,105)(H,96,112)(H,97,115)(H,98,119)(H,99,121)(H,100,116)(H,101,113)(H,102,118)/b17-15+/t48?,49-,50?,51?,52+,57+,61-,63-,64-,65-,66-,67-,69-,84+,85-/m0/s1. The molecule has 4 aromatic rings. The molecule has 0 aliphatic carbocycles. The highest BCUT2D eigenvalue weighted by atomic mass is 35.5. The van der Waals surface area contributed by atoms with E-state index in [2.05, 4.69) is 74.1 Å². The number of amides is 14. The van der Waals surface area contributed by atoms with Gasteiger partial charge in [-0.2, -0.15) is 0 Å². The molecule has 121 heavy (non-hydrogen) atoms. The Hall–Kier alpha value is -11.2. The number of aliphatic hydroxyl groups is 2. The summed E-state index contributed by atoms with van der Waals surface area (Å²) < 4.78 is 0. The number of nitrogens with one attached hydrogen (secondary N) is 14. The van der Waals surface area contributed by atoms with E-state index < -0.39 is 197 Å². The zero-order valence-electron chi connectivity index (χ0n) is 71.0. The number of fused-ring (bicyclic) bond motifs is 1. The van der Waals surface area contributed by atoms with Gasteiger partial charge in [0.25, 0.3) is 0 Å². The van der Waals surface area contributed by atoms with Crippen LogP contribution in [0.4, 0.5) is 0 Å². The third-order valence-corrected chi connectivity index (χ3v) is 21.0. The summed E-state index contributed by atoms with van der Waals surface area (Å²) in [6, 6.07) is 2.62. The molecule has 14 amide bonds. The third-order valence-electron chi connectivity index (χ3n) is 20.8. The Bertz CT molecular complexity index is 4310. The van der Waals surface area contributed by atoms with E-state index >= 15 is 19.2 Å². The molecule has 1 aliphatic heterocycles. The normalized spacial score (nSPS) is 22.8. The van der Waals surface area contributed by atoms with Gasteiger partial charge in [-0.25, -0.2) is 0 Å². The molecule has 1 aromatic heterocycles. The number of aromatic nitrogens is 1. The van der Waals surface area contributed by atoms with Gasteiger partial charge in [0.2, 0.25) is 94.3 Å². The number of primary amides is 2. The van der Waals surface area contributed by atoms with Crippen LogP contribution in [0.3, 0.4) is 0 Å². The van der Waals surface area contributed by atoms with Crippen LogP contribution in [0.15, 0.2) is 91.1 Å². The van der Waals surface area contributed by atoms with Crippen LogP contribution in [0.25, 0.3) is 10.9 Å². The van der Waals surface area contributed by atoms with Gasteiger partial charge >= 0.3 is 0 Å². The molecule has 2 heterocycles. The molecule has 15 atom stereocenters. The zero-order chi connectivity index (χ0) is 90.2. The van der Waals surface area contributed by atoms with Gasteiger partial charge in [-0.3, -0.25) is 76.7 Å². The molecule has 1 aliphatic rings. The number of ketones is 2. The second kappa shape index (κ2) is 48.3. The fourth-order valence-corrected chi connectivity index (χ4v) is 13.8. The molecule has 0 saturated carbocycles. The number of rotatable bonds is 29. The van der Waals surface area contributed by atoms with E-state index in [0.717, 1.165) is 0 Å². The smallest absolute Gasteiger partial charge is 0.246 e. The number of phenols is 1. The molecule has 21 N–H and O–H groups in total. The molecular weight excluding hydrogens is 1580 g/mol. The number of halogens is 1. The number of carbonyl (C=O) groups excluding carboxylic acids is 16. The van der Waals surface area contributed by atoms with E-state index in [0.29, 0.717) is 64.7 Å². The minimum Gasteiger partial charge on any atom is -0.508 e. The fourth-order valence-electron chi connectivity index (χ4n) is 13.7. The summed E-state index contributed by atoms with van der Waals surface area (Å²) in [5, 5.41) is 67.1. The van der Waals surface area contributed by atoms with Crippen LogP contribution in [-0.2, 0) is 96.0 Å². The van der Waals surface area contributed by atoms with Crippen LogP contribution in [-0.4, -0.2) is 211 Å². The largest absolute Gasteiger partial charge is 0.508 e. The summed E-state index contributed by atoms with van der Waals surface area (Å²) in [7, 11) is 0.